The number of para-hydroxylation sites is 4. The maximum absolute atomic E-state index is 12.3. The molecule has 8 heterocycles. The van der Waals surface area contributed by atoms with Crippen LogP contribution in [0.4, 0.5) is 28.4 Å². The van der Waals surface area contributed by atoms with Crippen LogP contribution in [-0.4, -0.2) is 201 Å². The second-order valence-corrected chi connectivity index (χ2v) is 32.2. The summed E-state index contributed by atoms with van der Waals surface area (Å²) in [5, 5.41) is 21.3. The van der Waals surface area contributed by atoms with Gasteiger partial charge in [0.05, 0.1) is 42.6 Å². The van der Waals surface area contributed by atoms with Crippen LogP contribution in [0.3, 0.4) is 0 Å². The highest BCUT2D eigenvalue weighted by Crippen LogP contribution is 2.32. The monoisotopic (exact) mass is 1500 g/mol. The van der Waals surface area contributed by atoms with Crippen molar-refractivity contribution < 1.29 is 59.3 Å². The van der Waals surface area contributed by atoms with Gasteiger partial charge in [0.15, 0.2) is 5.69 Å². The third-order valence-electron chi connectivity index (χ3n) is 20.8. The van der Waals surface area contributed by atoms with Crippen molar-refractivity contribution >= 4 is 72.3 Å². The number of aryl methyl sites for hydroxylation is 1. The minimum absolute atomic E-state index is 0.0370. The summed E-state index contributed by atoms with van der Waals surface area (Å²) in [4.78, 5) is 67.1. The van der Waals surface area contributed by atoms with Crippen LogP contribution >= 0.6 is 0 Å². The van der Waals surface area contributed by atoms with Gasteiger partial charge >= 0.3 is 0 Å². The van der Waals surface area contributed by atoms with E-state index in [-0.39, 0.29) is 59.5 Å². The van der Waals surface area contributed by atoms with E-state index in [9.17, 15) is 41.1 Å². The summed E-state index contributed by atoms with van der Waals surface area (Å²) in [6.45, 7) is 21.9. The Morgan fingerprint density at radius 2 is 0.869 bits per heavy atom. The first-order valence-electron chi connectivity index (χ1n) is 38.5. The van der Waals surface area contributed by atoms with Gasteiger partial charge in [-0.3, -0.25) is 32.4 Å². The van der Waals surface area contributed by atoms with Gasteiger partial charge < -0.3 is 49.7 Å². The van der Waals surface area contributed by atoms with E-state index in [2.05, 4.69) is 61.3 Å². The van der Waals surface area contributed by atoms with Crippen molar-refractivity contribution in [3.05, 3.63) is 185 Å². The van der Waals surface area contributed by atoms with Gasteiger partial charge in [-0.1, -0.05) is 103 Å². The third kappa shape index (κ3) is 25.3. The molecule has 0 bridgehead atoms. The SMILES string of the molecule is CS(=O)(=O)OC1CCN(CCc2ccccc2N2CCCCC2=O)C1.Cc1ccc(S(=O)(=O)OCCc2ccccc2N2CCCCC2=O)cc1.O=C1CCCCN1c1ccccc1CCN1CCC(O)C1.OC1CCNC1.[C-]#[N+]c1ccc(OC2CCN(CCc3ccccc3N3CCCCC3=O)C2)cc1. The molecule has 576 valence electrons. The minimum Gasteiger partial charge on any atom is -0.489 e. The molecule has 107 heavy (non-hydrogen) atoms. The number of nitrogens with zero attached hydrogens (tertiary/aromatic N) is 8. The van der Waals surface area contributed by atoms with Gasteiger partial charge in [-0.2, -0.15) is 16.8 Å². The fourth-order valence-electron chi connectivity index (χ4n) is 14.9. The fraction of sp³-hybridized carbons (Fsp3) is 0.506. The number of carbonyl (C=O) groups excluding carboxylic acids is 4. The predicted molar refractivity (Wildman–Crippen MR) is 419 cm³/mol. The molecule has 4 amide bonds. The fourth-order valence-corrected chi connectivity index (χ4v) is 16.5. The molecule has 4 atom stereocenters. The summed E-state index contributed by atoms with van der Waals surface area (Å²) in [6, 6.07) is 46.2. The zero-order valence-electron chi connectivity index (χ0n) is 62.4. The maximum atomic E-state index is 12.3. The summed E-state index contributed by atoms with van der Waals surface area (Å²) in [7, 11) is -7.17. The number of aliphatic hydroxyl groups is 2. The number of nitrogens with one attached hydrogen (secondary N) is 1. The van der Waals surface area contributed by atoms with Gasteiger partial charge in [-0.25, -0.2) is 4.85 Å². The highest BCUT2D eigenvalue weighted by atomic mass is 32.2. The molecule has 8 fully saturated rings. The second kappa shape index (κ2) is 41.0. The third-order valence-corrected chi connectivity index (χ3v) is 22.7. The molecule has 22 nitrogen and oxygen atoms in total. The number of ether oxygens (including phenoxy) is 1. The van der Waals surface area contributed by atoms with E-state index in [0.717, 1.165) is 227 Å². The molecular weight excluding hydrogens is 1400 g/mol. The van der Waals surface area contributed by atoms with Crippen LogP contribution in [0.1, 0.15) is 131 Å². The Kier molecular flexibility index (Phi) is 31.3. The Morgan fingerprint density at radius 3 is 1.24 bits per heavy atom. The number of β-amino-alcohol motifs (C(OH)–C–C–N with tert-alkyl or cyclic N) is 2. The Labute approximate surface area is 634 Å². The van der Waals surface area contributed by atoms with Gasteiger partial charge in [0.25, 0.3) is 20.2 Å². The number of carbonyl (C=O) groups is 4. The molecule has 3 N–H and O–H groups in total. The van der Waals surface area contributed by atoms with Gasteiger partial charge in [-0.05, 0) is 187 Å². The van der Waals surface area contributed by atoms with Crippen molar-refractivity contribution in [3.8, 4) is 5.75 Å². The lowest BCUT2D eigenvalue weighted by atomic mass is 10.0. The molecule has 8 aliphatic heterocycles. The van der Waals surface area contributed by atoms with E-state index in [4.69, 9.17) is 24.8 Å². The zero-order valence-corrected chi connectivity index (χ0v) is 64.0. The quantitative estimate of drug-likeness (QED) is 0.0422. The normalized spacial score (nSPS) is 21.0. The van der Waals surface area contributed by atoms with Crippen molar-refractivity contribution in [2.45, 2.75) is 165 Å². The molecule has 0 saturated carbocycles. The number of rotatable bonds is 22. The number of benzene rings is 6. The highest BCUT2D eigenvalue weighted by molar-refractivity contribution is 7.86. The predicted octanol–water partition coefficient (Wildman–Crippen LogP) is 10.9. The summed E-state index contributed by atoms with van der Waals surface area (Å²) >= 11 is 0. The first-order chi connectivity index (χ1) is 51.7. The van der Waals surface area contributed by atoms with E-state index < -0.39 is 20.2 Å². The summed E-state index contributed by atoms with van der Waals surface area (Å²) in [5.41, 5.74) is 10.3. The molecule has 0 radical (unpaired) electrons. The van der Waals surface area contributed by atoms with E-state index in [1.54, 1.807) is 41.3 Å². The van der Waals surface area contributed by atoms with Crippen molar-refractivity contribution in [2.75, 3.05) is 131 Å². The zero-order chi connectivity index (χ0) is 75.6. The Bertz CT molecular complexity index is 4140. The smallest absolute Gasteiger partial charge is 0.296 e. The molecule has 6 aromatic carbocycles. The lowest BCUT2D eigenvalue weighted by molar-refractivity contribution is -0.120. The van der Waals surface area contributed by atoms with Gasteiger partial charge in [0.1, 0.15) is 11.9 Å². The maximum Gasteiger partial charge on any atom is 0.296 e. The molecule has 6 aromatic rings. The summed E-state index contributed by atoms with van der Waals surface area (Å²) < 4.78 is 63.4. The average Bonchev–Trinajstić information content (AvgIpc) is 1.66. The van der Waals surface area contributed by atoms with Crippen molar-refractivity contribution in [1.82, 2.24) is 20.0 Å². The molecule has 0 aromatic heterocycles. The van der Waals surface area contributed by atoms with Crippen molar-refractivity contribution in [2.24, 2.45) is 0 Å². The van der Waals surface area contributed by atoms with Crippen LogP contribution in [0.5, 0.6) is 5.75 Å². The van der Waals surface area contributed by atoms with E-state index in [0.29, 0.717) is 50.9 Å². The van der Waals surface area contributed by atoms with E-state index >= 15 is 0 Å². The first kappa shape index (κ1) is 81.6. The number of hydrogen-bond donors (Lipinski definition) is 3. The number of amides is 4. The molecule has 8 aliphatic rings. The molecule has 14 rings (SSSR count). The molecular formula is C83H109N9O13S2. The average molecular weight is 1500 g/mol. The number of piperidine rings is 4. The van der Waals surface area contributed by atoms with Crippen LogP contribution in [0.25, 0.3) is 4.85 Å². The highest BCUT2D eigenvalue weighted by Gasteiger charge is 2.31. The minimum atomic E-state index is -3.78. The number of hydrogen-bond acceptors (Lipinski definition) is 17. The lowest BCUT2D eigenvalue weighted by Gasteiger charge is -2.29. The van der Waals surface area contributed by atoms with Crippen LogP contribution in [0, 0.1) is 13.5 Å². The lowest BCUT2D eigenvalue weighted by Crippen LogP contribution is -2.36. The van der Waals surface area contributed by atoms with E-state index in [1.807, 2.05) is 94.4 Å². The Morgan fingerprint density at radius 1 is 0.467 bits per heavy atom. The van der Waals surface area contributed by atoms with Gasteiger partial charge in [0, 0.05) is 140 Å². The van der Waals surface area contributed by atoms with Gasteiger partial charge in [-0.15, -0.1) is 0 Å². The van der Waals surface area contributed by atoms with Crippen LogP contribution in [0.15, 0.2) is 150 Å². The summed E-state index contributed by atoms with van der Waals surface area (Å²) in [6.07, 6.45) is 18.2. The van der Waals surface area contributed by atoms with Crippen LogP contribution < -0.4 is 29.7 Å². The number of aliphatic hydroxyl groups excluding tert-OH is 2. The largest absolute Gasteiger partial charge is 0.489 e. The molecule has 8 saturated heterocycles. The number of anilines is 4. The molecule has 24 heteroatoms. The molecule has 0 spiro atoms. The van der Waals surface area contributed by atoms with Gasteiger partial charge in [0.2, 0.25) is 23.6 Å². The van der Waals surface area contributed by atoms with E-state index in [1.165, 1.54) is 16.7 Å². The number of likely N-dealkylation sites (tertiary alicyclic amines) is 3. The Hall–Kier alpha value is -7.93. The summed E-state index contributed by atoms with van der Waals surface area (Å²) in [5.74, 6) is 1.67. The van der Waals surface area contributed by atoms with Crippen molar-refractivity contribution in [3.63, 3.8) is 0 Å². The van der Waals surface area contributed by atoms with Crippen LogP contribution in [-0.2, 0) is 73.5 Å². The second-order valence-electron chi connectivity index (χ2n) is 29.0. The topological polar surface area (TPSA) is 244 Å². The van der Waals surface area contributed by atoms with Crippen LogP contribution in [0.2, 0.25) is 0 Å². The standard InChI is InChI=1S/C24H27N3O2.C20H23NO4S.C18H26N2O4S.C17H24N2O2.C4H9NO/c1-25-20-9-11-21(12-10-20)29-22-14-17-26(18-22)16-13-19-6-2-3-7-23(19)27-15-5-4-8-24(27)28;1-16-9-11-18(12-10-16)26(23,24)25-15-13-17-6-2-3-7-19(17)21-14-5-4-8-20(21)22;1-25(22,23)24-16-10-13-19(14-16)12-9-15-6-2-3-7-17(15)20-11-5-4-8-18(20)21;20-15-9-12-18(13-15)11-8-14-5-1-2-6-16(14)19-10-4-3-7-17(19)21;6-4-1-2-5-3-4/h2-3,6-7,9-12,22H,4-5,8,13-18H2;2-3,6-7,9-12H,4-5,8,13-15H2,1H3;2-3,6-7,16H,4-5,8-14H2,1H3;1-2,5-6,15,20H,3-4,7-13H2;4-6H,1-3H2. The Balaban J connectivity index is 0.000000149. The first-order valence-corrected chi connectivity index (χ1v) is 41.7. The molecule has 4 unspecified atom stereocenters. The van der Waals surface area contributed by atoms with Crippen molar-refractivity contribution in [1.29, 1.82) is 0 Å². The molecule has 0 aliphatic carbocycles.